The monoisotopic (exact) mass is 480 g/mol. The van der Waals surface area contributed by atoms with Crippen molar-refractivity contribution < 1.29 is 18.3 Å². The zero-order valence-corrected chi connectivity index (χ0v) is 19.7. The van der Waals surface area contributed by atoms with E-state index < -0.39 is 11.6 Å². The highest BCUT2D eigenvalue weighted by atomic mass is 19.1. The number of methoxy groups -OCH3 is 2. The third-order valence-electron chi connectivity index (χ3n) is 5.96. The fraction of sp³-hybridized carbons (Fsp3) is 0.0667. The molecular weight excluding hydrogens is 458 g/mol. The van der Waals surface area contributed by atoms with E-state index in [0.29, 0.717) is 45.1 Å². The van der Waals surface area contributed by atoms with E-state index in [4.69, 9.17) is 9.47 Å². The molecule has 0 aliphatic rings. The molecule has 2 aromatic heterocycles. The SMILES string of the molecule is COc1ccc(OC)c(-c2cc(-c3ccccn3)ccc2F)c1-c1cc(-c2ccccn2)ccc1F. The summed E-state index contributed by atoms with van der Waals surface area (Å²) >= 11 is 0. The predicted molar refractivity (Wildman–Crippen MR) is 137 cm³/mol. The molecule has 4 nitrogen and oxygen atoms in total. The van der Waals surface area contributed by atoms with Crippen molar-refractivity contribution >= 4 is 0 Å². The smallest absolute Gasteiger partial charge is 0.131 e. The molecule has 0 N–H and O–H groups in total. The van der Waals surface area contributed by atoms with Gasteiger partial charge in [-0.3, -0.25) is 9.97 Å². The Morgan fingerprint density at radius 2 is 1.00 bits per heavy atom. The van der Waals surface area contributed by atoms with E-state index in [2.05, 4.69) is 9.97 Å². The Bertz CT molecular complexity index is 1410. The second-order valence-corrected chi connectivity index (χ2v) is 8.04. The van der Waals surface area contributed by atoms with Crippen LogP contribution in [0.4, 0.5) is 8.78 Å². The van der Waals surface area contributed by atoms with E-state index in [9.17, 15) is 0 Å². The molecule has 0 saturated heterocycles. The number of nitrogens with zero attached hydrogens (tertiary/aromatic N) is 2. The van der Waals surface area contributed by atoms with Crippen LogP contribution in [-0.2, 0) is 0 Å². The van der Waals surface area contributed by atoms with Gasteiger partial charge in [0.05, 0.1) is 25.6 Å². The minimum absolute atomic E-state index is 0.242. The molecule has 0 unspecified atom stereocenters. The molecule has 6 heteroatoms. The number of hydrogen-bond donors (Lipinski definition) is 0. The summed E-state index contributed by atoms with van der Waals surface area (Å²) in [6, 6.07) is 23.9. The second-order valence-electron chi connectivity index (χ2n) is 8.04. The van der Waals surface area contributed by atoms with Crippen LogP contribution in [0.2, 0.25) is 0 Å². The highest BCUT2D eigenvalue weighted by Crippen LogP contribution is 2.47. The lowest BCUT2D eigenvalue weighted by atomic mass is 9.90. The Morgan fingerprint density at radius 1 is 0.556 bits per heavy atom. The van der Waals surface area contributed by atoms with Crippen molar-refractivity contribution in [1.29, 1.82) is 0 Å². The highest BCUT2D eigenvalue weighted by Gasteiger charge is 2.24. The van der Waals surface area contributed by atoms with E-state index in [1.165, 1.54) is 26.4 Å². The lowest BCUT2D eigenvalue weighted by Crippen LogP contribution is -1.99. The molecule has 0 bridgehead atoms. The van der Waals surface area contributed by atoms with Crippen LogP contribution in [0.1, 0.15) is 0 Å². The molecule has 2 heterocycles. The first-order valence-corrected chi connectivity index (χ1v) is 11.3. The second kappa shape index (κ2) is 9.96. The number of rotatable bonds is 6. The highest BCUT2D eigenvalue weighted by molar-refractivity contribution is 5.93. The molecule has 0 saturated carbocycles. The van der Waals surface area contributed by atoms with Crippen molar-refractivity contribution in [3.05, 3.63) is 109 Å². The zero-order chi connectivity index (χ0) is 25.1. The van der Waals surface area contributed by atoms with Gasteiger partial charge >= 0.3 is 0 Å². The van der Waals surface area contributed by atoms with E-state index in [1.54, 1.807) is 48.8 Å². The Hall–Kier alpha value is -4.58. The maximum absolute atomic E-state index is 15.4. The molecule has 178 valence electrons. The van der Waals surface area contributed by atoms with Crippen LogP contribution < -0.4 is 9.47 Å². The number of hydrogen-bond acceptors (Lipinski definition) is 4. The topological polar surface area (TPSA) is 44.2 Å². The van der Waals surface area contributed by atoms with Crippen LogP contribution in [0.15, 0.2) is 97.3 Å². The molecule has 0 radical (unpaired) electrons. The summed E-state index contributed by atoms with van der Waals surface area (Å²) in [6.45, 7) is 0. The van der Waals surface area contributed by atoms with Gasteiger partial charge in [-0.2, -0.15) is 0 Å². The third kappa shape index (κ3) is 4.29. The van der Waals surface area contributed by atoms with E-state index in [-0.39, 0.29) is 11.1 Å². The van der Waals surface area contributed by atoms with Crippen LogP contribution in [0.5, 0.6) is 11.5 Å². The predicted octanol–water partition coefficient (Wildman–Crippen LogP) is 7.44. The summed E-state index contributed by atoms with van der Waals surface area (Å²) in [7, 11) is 2.99. The Balaban J connectivity index is 1.80. The maximum Gasteiger partial charge on any atom is 0.131 e. The summed E-state index contributed by atoms with van der Waals surface area (Å²) < 4.78 is 42.2. The fourth-order valence-corrected chi connectivity index (χ4v) is 4.26. The third-order valence-corrected chi connectivity index (χ3v) is 5.96. The van der Waals surface area contributed by atoms with Gasteiger partial charge in [0.15, 0.2) is 0 Å². The van der Waals surface area contributed by atoms with Gasteiger partial charge in [-0.1, -0.05) is 12.1 Å². The minimum Gasteiger partial charge on any atom is -0.496 e. The Labute approximate surface area is 207 Å². The molecule has 5 aromatic rings. The van der Waals surface area contributed by atoms with Gasteiger partial charge in [0.2, 0.25) is 0 Å². The molecule has 0 fully saturated rings. The van der Waals surface area contributed by atoms with Crippen molar-refractivity contribution in [1.82, 2.24) is 9.97 Å². The zero-order valence-electron chi connectivity index (χ0n) is 19.7. The van der Waals surface area contributed by atoms with Gasteiger partial charge in [0, 0.05) is 45.8 Å². The van der Waals surface area contributed by atoms with Crippen molar-refractivity contribution in [3.8, 4) is 56.3 Å². The Kier molecular flexibility index (Phi) is 6.41. The first-order valence-electron chi connectivity index (χ1n) is 11.3. The average Bonchev–Trinajstić information content (AvgIpc) is 2.94. The number of halogens is 2. The van der Waals surface area contributed by atoms with Crippen LogP contribution in [0.25, 0.3) is 44.8 Å². The van der Waals surface area contributed by atoms with Gasteiger partial charge in [0.25, 0.3) is 0 Å². The molecule has 0 aliphatic carbocycles. The normalized spacial score (nSPS) is 10.8. The summed E-state index contributed by atoms with van der Waals surface area (Å²) in [5.74, 6) is -0.205. The van der Waals surface area contributed by atoms with Crippen molar-refractivity contribution in [2.75, 3.05) is 14.2 Å². The largest absolute Gasteiger partial charge is 0.496 e. The van der Waals surface area contributed by atoms with Crippen molar-refractivity contribution in [2.24, 2.45) is 0 Å². The van der Waals surface area contributed by atoms with Crippen LogP contribution >= 0.6 is 0 Å². The van der Waals surface area contributed by atoms with E-state index in [0.717, 1.165) is 0 Å². The number of ether oxygens (including phenoxy) is 2. The summed E-state index contributed by atoms with van der Waals surface area (Å²) in [5.41, 5.74) is 4.04. The van der Waals surface area contributed by atoms with E-state index in [1.807, 2.05) is 36.4 Å². The Morgan fingerprint density at radius 3 is 1.36 bits per heavy atom. The summed E-state index contributed by atoms with van der Waals surface area (Å²) in [5, 5.41) is 0. The lowest BCUT2D eigenvalue weighted by molar-refractivity contribution is 0.405. The number of benzene rings is 3. The molecule has 3 aromatic carbocycles. The van der Waals surface area contributed by atoms with Gasteiger partial charge in [-0.25, -0.2) is 8.78 Å². The first kappa shape index (κ1) is 23.2. The molecule has 0 amide bonds. The van der Waals surface area contributed by atoms with E-state index >= 15 is 8.78 Å². The van der Waals surface area contributed by atoms with Crippen LogP contribution in [0, 0.1) is 11.6 Å². The maximum atomic E-state index is 15.4. The van der Waals surface area contributed by atoms with Crippen molar-refractivity contribution in [3.63, 3.8) is 0 Å². The minimum atomic E-state index is -0.483. The van der Waals surface area contributed by atoms with Crippen molar-refractivity contribution in [2.45, 2.75) is 0 Å². The molecule has 36 heavy (non-hydrogen) atoms. The van der Waals surface area contributed by atoms with Crippen LogP contribution in [-0.4, -0.2) is 24.2 Å². The van der Waals surface area contributed by atoms with Gasteiger partial charge < -0.3 is 9.47 Å². The number of aromatic nitrogens is 2. The van der Waals surface area contributed by atoms with Gasteiger partial charge in [-0.05, 0) is 72.8 Å². The quantitative estimate of drug-likeness (QED) is 0.253. The fourth-order valence-electron chi connectivity index (χ4n) is 4.26. The molecule has 0 atom stereocenters. The molecular formula is C30H22F2N2O2. The summed E-state index contributed by atoms with van der Waals surface area (Å²) in [4.78, 5) is 8.77. The number of pyridine rings is 2. The standard InChI is InChI=1S/C30H22F2N2O2/c1-35-27-13-14-28(36-2)30(22-18-20(10-12-24(22)32)26-8-4-6-16-34-26)29(27)21-17-19(9-11-23(21)31)25-7-3-5-15-33-25/h3-18H,1-2H3. The molecule has 0 aliphatic heterocycles. The molecule has 5 rings (SSSR count). The lowest BCUT2D eigenvalue weighted by Gasteiger charge is -2.20. The van der Waals surface area contributed by atoms with Gasteiger partial charge in [-0.15, -0.1) is 0 Å². The first-order chi connectivity index (χ1) is 17.6. The average molecular weight is 481 g/mol. The van der Waals surface area contributed by atoms with Gasteiger partial charge in [0.1, 0.15) is 23.1 Å². The molecule has 0 spiro atoms. The summed E-state index contributed by atoms with van der Waals surface area (Å²) in [6.07, 6.45) is 3.35. The van der Waals surface area contributed by atoms with Crippen LogP contribution in [0.3, 0.4) is 0 Å².